The monoisotopic (exact) mass is 361 g/mol. The van der Waals surface area contributed by atoms with Gasteiger partial charge in [-0.1, -0.05) is 0 Å². The van der Waals surface area contributed by atoms with Gasteiger partial charge >= 0.3 is 5.97 Å². The van der Waals surface area contributed by atoms with Crippen LogP contribution in [0.3, 0.4) is 0 Å². The normalized spacial score (nSPS) is 17.2. The summed E-state index contributed by atoms with van der Waals surface area (Å²) in [5, 5.41) is 13.5. The number of ether oxygens (including phenoxy) is 2. The van der Waals surface area contributed by atoms with E-state index in [0.29, 0.717) is 12.8 Å². The van der Waals surface area contributed by atoms with Gasteiger partial charge in [-0.25, -0.2) is 0 Å². The maximum Gasteiger partial charge on any atom is 0.306 e. The lowest BCUT2D eigenvalue weighted by molar-refractivity contribution is -0.143. The van der Waals surface area contributed by atoms with Crippen LogP contribution in [-0.2, 0) is 4.79 Å². The summed E-state index contributed by atoms with van der Waals surface area (Å²) in [6, 6.07) is 8.08. The quantitative estimate of drug-likeness (QED) is 0.851. The summed E-state index contributed by atoms with van der Waals surface area (Å²) in [6.45, 7) is 1.51. The van der Waals surface area contributed by atoms with Gasteiger partial charge in [0.1, 0.15) is 11.5 Å². The van der Waals surface area contributed by atoms with E-state index in [1.165, 1.54) is 5.56 Å². The zero-order chi connectivity index (χ0) is 17.8. The molecule has 2 heterocycles. The Morgan fingerprint density at radius 1 is 1.24 bits per heavy atom. The molecule has 2 aromatic rings. The Morgan fingerprint density at radius 2 is 2.00 bits per heavy atom. The fourth-order valence-electron chi connectivity index (χ4n) is 3.47. The SMILES string of the molecule is COc1ccc(C(c2ccsc2)N2CCC(C(=O)O)CC2)c(OC)c1. The second-order valence-corrected chi connectivity index (χ2v) is 7.00. The molecule has 1 atom stereocenters. The first-order valence-corrected chi connectivity index (χ1v) is 9.29. The Bertz CT molecular complexity index is 708. The van der Waals surface area contributed by atoms with Crippen molar-refractivity contribution in [3.05, 3.63) is 46.2 Å². The van der Waals surface area contributed by atoms with Crippen molar-refractivity contribution in [2.24, 2.45) is 5.92 Å². The van der Waals surface area contributed by atoms with E-state index in [-0.39, 0.29) is 12.0 Å². The highest BCUT2D eigenvalue weighted by Crippen LogP contribution is 2.39. The molecular formula is C19H23NO4S. The van der Waals surface area contributed by atoms with Crippen LogP contribution >= 0.6 is 11.3 Å². The minimum atomic E-state index is -0.686. The third-order valence-electron chi connectivity index (χ3n) is 4.84. The van der Waals surface area contributed by atoms with Gasteiger partial charge in [0.15, 0.2) is 0 Å². The number of thiophene rings is 1. The van der Waals surface area contributed by atoms with E-state index in [0.717, 1.165) is 30.2 Å². The fourth-order valence-corrected chi connectivity index (χ4v) is 4.15. The molecule has 6 heteroatoms. The number of hydrogen-bond acceptors (Lipinski definition) is 5. The first kappa shape index (κ1) is 17.8. The summed E-state index contributed by atoms with van der Waals surface area (Å²) in [5.74, 6) is 0.621. The van der Waals surface area contributed by atoms with Crippen LogP contribution in [0.4, 0.5) is 0 Å². The summed E-state index contributed by atoms with van der Waals surface area (Å²) in [4.78, 5) is 13.6. The van der Waals surface area contributed by atoms with Crippen molar-refractivity contribution in [1.82, 2.24) is 4.90 Å². The number of carbonyl (C=O) groups is 1. The zero-order valence-corrected chi connectivity index (χ0v) is 15.3. The Labute approximate surface area is 151 Å². The predicted octanol–water partition coefficient (Wildman–Crippen LogP) is 3.65. The van der Waals surface area contributed by atoms with Gasteiger partial charge in [-0.3, -0.25) is 9.69 Å². The van der Waals surface area contributed by atoms with E-state index in [9.17, 15) is 9.90 Å². The molecule has 1 aliphatic heterocycles. The maximum atomic E-state index is 11.2. The molecule has 0 aliphatic carbocycles. The lowest BCUT2D eigenvalue weighted by Gasteiger charge is -2.37. The van der Waals surface area contributed by atoms with Crippen LogP contribution in [0.1, 0.15) is 30.0 Å². The Hall–Kier alpha value is -2.05. The third-order valence-corrected chi connectivity index (χ3v) is 5.54. The first-order valence-electron chi connectivity index (χ1n) is 8.35. The van der Waals surface area contributed by atoms with Crippen LogP contribution in [0.25, 0.3) is 0 Å². The number of likely N-dealkylation sites (tertiary alicyclic amines) is 1. The van der Waals surface area contributed by atoms with Crippen LogP contribution in [0, 0.1) is 5.92 Å². The number of benzene rings is 1. The minimum Gasteiger partial charge on any atom is -0.497 e. The maximum absolute atomic E-state index is 11.2. The van der Waals surface area contributed by atoms with E-state index < -0.39 is 5.97 Å². The molecule has 1 aromatic carbocycles. The van der Waals surface area contributed by atoms with Gasteiger partial charge in [0.25, 0.3) is 0 Å². The lowest BCUT2D eigenvalue weighted by atomic mass is 9.92. The number of rotatable bonds is 6. The average Bonchev–Trinajstić information content (AvgIpc) is 3.17. The Morgan fingerprint density at radius 3 is 2.56 bits per heavy atom. The molecule has 0 radical (unpaired) electrons. The average molecular weight is 361 g/mol. The summed E-state index contributed by atoms with van der Waals surface area (Å²) >= 11 is 1.67. The van der Waals surface area contributed by atoms with E-state index in [1.807, 2.05) is 18.2 Å². The predicted molar refractivity (Wildman–Crippen MR) is 97.6 cm³/mol. The summed E-state index contributed by atoms with van der Waals surface area (Å²) in [7, 11) is 3.31. The van der Waals surface area contributed by atoms with Crippen LogP contribution < -0.4 is 9.47 Å². The molecule has 0 amide bonds. The van der Waals surface area contributed by atoms with Gasteiger partial charge in [-0.15, -0.1) is 0 Å². The molecule has 5 nitrogen and oxygen atoms in total. The molecule has 1 saturated heterocycles. The van der Waals surface area contributed by atoms with E-state index in [4.69, 9.17) is 9.47 Å². The van der Waals surface area contributed by atoms with Crippen LogP contribution in [0.15, 0.2) is 35.0 Å². The third kappa shape index (κ3) is 3.80. The first-order chi connectivity index (χ1) is 12.1. The Balaban J connectivity index is 1.93. The molecule has 1 aliphatic rings. The van der Waals surface area contributed by atoms with Gasteiger partial charge in [0.2, 0.25) is 0 Å². The van der Waals surface area contributed by atoms with Crippen molar-refractivity contribution in [3.8, 4) is 11.5 Å². The highest BCUT2D eigenvalue weighted by molar-refractivity contribution is 7.08. The number of hydrogen-bond donors (Lipinski definition) is 1. The molecule has 1 unspecified atom stereocenters. The molecule has 1 aromatic heterocycles. The van der Waals surface area contributed by atoms with Gasteiger partial charge in [0.05, 0.1) is 26.2 Å². The second kappa shape index (κ2) is 7.89. The Kier molecular flexibility index (Phi) is 5.60. The summed E-state index contributed by atoms with van der Waals surface area (Å²) in [6.07, 6.45) is 1.35. The van der Waals surface area contributed by atoms with Crippen LogP contribution in [-0.4, -0.2) is 43.3 Å². The number of methoxy groups -OCH3 is 2. The fraction of sp³-hybridized carbons (Fsp3) is 0.421. The molecule has 134 valence electrons. The van der Waals surface area contributed by atoms with Gasteiger partial charge in [0, 0.05) is 11.6 Å². The van der Waals surface area contributed by atoms with Gasteiger partial charge in [-0.05, 0) is 60.5 Å². The highest BCUT2D eigenvalue weighted by Gasteiger charge is 2.31. The van der Waals surface area contributed by atoms with Crippen molar-refractivity contribution in [1.29, 1.82) is 0 Å². The molecule has 0 saturated carbocycles. The number of nitrogens with zero attached hydrogens (tertiary/aromatic N) is 1. The zero-order valence-electron chi connectivity index (χ0n) is 14.5. The van der Waals surface area contributed by atoms with Crippen LogP contribution in [0.5, 0.6) is 11.5 Å². The van der Waals surface area contributed by atoms with Gasteiger partial charge in [-0.2, -0.15) is 11.3 Å². The van der Waals surface area contributed by atoms with E-state index in [1.54, 1.807) is 25.6 Å². The van der Waals surface area contributed by atoms with E-state index >= 15 is 0 Å². The molecule has 25 heavy (non-hydrogen) atoms. The number of piperidine rings is 1. The smallest absolute Gasteiger partial charge is 0.306 e. The molecule has 3 rings (SSSR count). The standard InChI is InChI=1S/C19H23NO4S/c1-23-15-3-4-16(17(11-15)24-2)18(14-7-10-25-12-14)20-8-5-13(6-9-20)19(21)22/h3-4,7,10-13,18H,5-6,8-9H2,1-2H3,(H,21,22). The molecule has 0 spiro atoms. The second-order valence-electron chi connectivity index (χ2n) is 6.22. The van der Waals surface area contributed by atoms with Crippen LogP contribution in [0.2, 0.25) is 0 Å². The van der Waals surface area contributed by atoms with Crippen molar-refractivity contribution >= 4 is 17.3 Å². The highest BCUT2D eigenvalue weighted by atomic mass is 32.1. The van der Waals surface area contributed by atoms with Crippen molar-refractivity contribution in [2.75, 3.05) is 27.3 Å². The molecule has 1 N–H and O–H groups in total. The largest absolute Gasteiger partial charge is 0.497 e. The number of carboxylic acids is 1. The number of carboxylic acid groups (broad SMARTS) is 1. The van der Waals surface area contributed by atoms with Crippen molar-refractivity contribution in [2.45, 2.75) is 18.9 Å². The van der Waals surface area contributed by atoms with Gasteiger partial charge < -0.3 is 14.6 Å². The molecular weight excluding hydrogens is 338 g/mol. The van der Waals surface area contributed by atoms with E-state index in [2.05, 4.69) is 21.7 Å². The number of aliphatic carboxylic acids is 1. The molecule has 1 fully saturated rings. The summed E-state index contributed by atoms with van der Waals surface area (Å²) < 4.78 is 10.9. The van der Waals surface area contributed by atoms with Crippen molar-refractivity contribution < 1.29 is 19.4 Å². The lowest BCUT2D eigenvalue weighted by Crippen LogP contribution is -2.39. The molecule has 0 bridgehead atoms. The summed E-state index contributed by atoms with van der Waals surface area (Å²) in [5.41, 5.74) is 2.29. The topological polar surface area (TPSA) is 59.0 Å². The van der Waals surface area contributed by atoms with Crippen molar-refractivity contribution in [3.63, 3.8) is 0 Å². The minimum absolute atomic E-state index is 0.0573.